The number of nitrogen functional groups attached to an aromatic ring is 1. The van der Waals surface area contributed by atoms with Crippen molar-refractivity contribution < 1.29 is 29.1 Å². The van der Waals surface area contributed by atoms with Crippen molar-refractivity contribution >= 4 is 57.9 Å². The SMILES string of the molecule is Cc1ncsc1-c1ccc(CNC(=O)[C@@H]2C[C@@H](O)CN(C(=O)[C@@H](NC(=O)CCCCCCCCCCCCC(=O)Nc3ccc(C(=O)Nc4ccccc4N)cc3)C(C)(C)C)C2)cc1. The van der Waals surface area contributed by atoms with Crippen molar-refractivity contribution in [3.8, 4) is 10.4 Å². The summed E-state index contributed by atoms with van der Waals surface area (Å²) in [5, 5.41) is 22.4. The third kappa shape index (κ3) is 15.6. The maximum Gasteiger partial charge on any atom is 0.255 e. The molecule has 0 radical (unpaired) electrons. The Labute approximate surface area is 382 Å². The molecule has 5 amide bonds. The van der Waals surface area contributed by atoms with Gasteiger partial charge < -0.3 is 37.0 Å². The van der Waals surface area contributed by atoms with Gasteiger partial charge in [0, 0.05) is 43.7 Å². The normalized spacial score (nSPS) is 15.5. The summed E-state index contributed by atoms with van der Waals surface area (Å²) in [7, 11) is 0. The summed E-state index contributed by atoms with van der Waals surface area (Å²) in [5.74, 6) is -1.55. The monoisotopic (exact) mass is 893 g/mol. The van der Waals surface area contributed by atoms with Crippen molar-refractivity contribution in [3.05, 3.63) is 95.1 Å². The molecule has 5 rings (SSSR count). The highest BCUT2D eigenvalue weighted by molar-refractivity contribution is 7.13. The third-order valence-corrected chi connectivity index (χ3v) is 12.6. The largest absolute Gasteiger partial charge is 0.397 e. The van der Waals surface area contributed by atoms with Crippen molar-refractivity contribution in [2.24, 2.45) is 11.3 Å². The second-order valence-corrected chi connectivity index (χ2v) is 18.9. The van der Waals surface area contributed by atoms with E-state index >= 15 is 0 Å². The lowest BCUT2D eigenvalue weighted by Crippen LogP contribution is -2.59. The standard InChI is InChI=1S/C50H67N7O6S/c1-34-45(64-33-53-34)36-23-21-35(22-24-36)30-52-47(61)38-29-40(58)32-57(31-38)49(63)46(50(2,3)4)56-44(60)20-14-12-10-8-6-5-7-9-11-13-19-43(59)54-39-27-25-37(26-28-39)48(62)55-42-18-16-15-17-41(42)51/h15-18,21-28,33,38,40,46,58H,5-14,19-20,29-32,51H2,1-4H3,(H,52,61)(H,54,59)(H,55,62)(H,56,60)/t38-,40-,46-/m1/s1. The molecule has 0 saturated carbocycles. The van der Waals surface area contributed by atoms with E-state index < -0.39 is 23.5 Å². The molecule has 0 aliphatic carbocycles. The molecule has 1 aliphatic heterocycles. The highest BCUT2D eigenvalue weighted by atomic mass is 32.1. The van der Waals surface area contributed by atoms with Crippen molar-refractivity contribution in [3.63, 3.8) is 0 Å². The Kier molecular flexibility index (Phi) is 18.9. The lowest BCUT2D eigenvalue weighted by atomic mass is 9.84. The summed E-state index contributed by atoms with van der Waals surface area (Å²) >= 11 is 1.59. The Morgan fingerprint density at radius 3 is 2.00 bits per heavy atom. The smallest absolute Gasteiger partial charge is 0.255 e. The fourth-order valence-electron chi connectivity index (χ4n) is 7.91. The second-order valence-electron chi connectivity index (χ2n) is 18.1. The third-order valence-electron chi connectivity index (χ3n) is 11.7. The predicted octanol–water partition coefficient (Wildman–Crippen LogP) is 8.63. The van der Waals surface area contributed by atoms with E-state index in [1.165, 1.54) is 4.90 Å². The Balaban J connectivity index is 0.906. The zero-order chi connectivity index (χ0) is 46.1. The van der Waals surface area contributed by atoms with Crippen LogP contribution >= 0.6 is 11.3 Å². The molecule has 1 aromatic heterocycles. The quantitative estimate of drug-likeness (QED) is 0.0333. The maximum atomic E-state index is 13.9. The number of anilines is 3. The summed E-state index contributed by atoms with van der Waals surface area (Å²) in [6.45, 7) is 8.35. The van der Waals surface area contributed by atoms with E-state index in [2.05, 4.69) is 26.3 Å². The van der Waals surface area contributed by atoms with E-state index in [1.54, 1.807) is 59.9 Å². The molecule has 1 aliphatic rings. The van der Waals surface area contributed by atoms with Crippen LogP contribution in [0.3, 0.4) is 0 Å². The minimum atomic E-state index is -0.840. The number of aryl methyl sites for hydroxylation is 1. The number of likely N-dealkylation sites (tertiary alicyclic amines) is 1. The van der Waals surface area contributed by atoms with Gasteiger partial charge in [-0.15, -0.1) is 11.3 Å². The topological polar surface area (TPSA) is 196 Å². The molecule has 2 heterocycles. The molecule has 3 atom stereocenters. The number of amides is 5. The molecule has 4 aromatic rings. The van der Waals surface area contributed by atoms with Gasteiger partial charge in [-0.05, 0) is 79.1 Å². The van der Waals surface area contributed by atoms with E-state index in [-0.39, 0.29) is 49.0 Å². The van der Waals surface area contributed by atoms with Crippen LogP contribution in [0.5, 0.6) is 0 Å². The number of nitrogens with two attached hydrogens (primary N) is 1. The number of carbonyl (C=O) groups is 5. The van der Waals surface area contributed by atoms with Gasteiger partial charge in [-0.3, -0.25) is 24.0 Å². The number of nitrogens with zero attached hydrogens (tertiary/aromatic N) is 2. The Morgan fingerprint density at radius 2 is 1.41 bits per heavy atom. The number of piperidine rings is 1. The number of para-hydroxylation sites is 2. The van der Waals surface area contributed by atoms with E-state index in [4.69, 9.17) is 5.73 Å². The minimum absolute atomic E-state index is 0.0440. The Hall–Kier alpha value is -5.60. The van der Waals surface area contributed by atoms with Crippen LogP contribution in [-0.4, -0.2) is 69.8 Å². The van der Waals surface area contributed by atoms with Gasteiger partial charge in [0.05, 0.1) is 39.5 Å². The molecule has 14 heteroatoms. The summed E-state index contributed by atoms with van der Waals surface area (Å²) in [6.07, 6.45) is 10.3. The number of aliphatic hydroxyl groups excluding tert-OH is 1. The number of carbonyl (C=O) groups excluding carboxylic acids is 5. The van der Waals surface area contributed by atoms with Crippen LogP contribution in [0.4, 0.5) is 17.1 Å². The van der Waals surface area contributed by atoms with Gasteiger partial charge in [-0.25, -0.2) is 4.98 Å². The summed E-state index contributed by atoms with van der Waals surface area (Å²) in [6, 6.07) is 21.1. The second kappa shape index (κ2) is 24.5. The van der Waals surface area contributed by atoms with Crippen LogP contribution < -0.4 is 27.0 Å². The molecule has 0 spiro atoms. The van der Waals surface area contributed by atoms with Crippen LogP contribution in [0.15, 0.2) is 78.3 Å². The van der Waals surface area contributed by atoms with Crippen molar-refractivity contribution in [1.82, 2.24) is 20.5 Å². The average molecular weight is 894 g/mol. The first kappa shape index (κ1) is 49.4. The van der Waals surface area contributed by atoms with E-state index in [0.29, 0.717) is 42.0 Å². The van der Waals surface area contributed by atoms with Gasteiger partial charge in [0.1, 0.15) is 6.04 Å². The Morgan fingerprint density at radius 1 is 0.797 bits per heavy atom. The molecule has 1 fully saturated rings. The van der Waals surface area contributed by atoms with Gasteiger partial charge in [-0.1, -0.05) is 109 Å². The van der Waals surface area contributed by atoms with Gasteiger partial charge in [0.25, 0.3) is 5.91 Å². The van der Waals surface area contributed by atoms with Crippen LogP contribution in [0.25, 0.3) is 10.4 Å². The van der Waals surface area contributed by atoms with E-state index in [0.717, 1.165) is 85.9 Å². The van der Waals surface area contributed by atoms with Crippen LogP contribution in [0.1, 0.15) is 126 Å². The number of unbranched alkanes of at least 4 members (excludes halogenated alkanes) is 9. The Bertz CT molecular complexity index is 2150. The molecule has 0 bridgehead atoms. The zero-order valence-corrected chi connectivity index (χ0v) is 38.7. The van der Waals surface area contributed by atoms with Gasteiger partial charge >= 0.3 is 0 Å². The molecule has 7 N–H and O–H groups in total. The number of nitrogens with one attached hydrogen (secondary N) is 4. The van der Waals surface area contributed by atoms with Crippen molar-refractivity contribution in [2.45, 2.75) is 130 Å². The molecule has 0 unspecified atom stereocenters. The molecule has 344 valence electrons. The van der Waals surface area contributed by atoms with Crippen LogP contribution in [0, 0.1) is 18.3 Å². The van der Waals surface area contributed by atoms with E-state index in [9.17, 15) is 29.1 Å². The number of aromatic nitrogens is 1. The van der Waals surface area contributed by atoms with Crippen LogP contribution in [0.2, 0.25) is 0 Å². The van der Waals surface area contributed by atoms with Crippen LogP contribution in [-0.2, 0) is 25.7 Å². The number of hydrogen-bond acceptors (Lipinski definition) is 9. The zero-order valence-electron chi connectivity index (χ0n) is 37.9. The molecular formula is C50H67N7O6S. The van der Waals surface area contributed by atoms with Gasteiger partial charge in [0.15, 0.2) is 0 Å². The fourth-order valence-corrected chi connectivity index (χ4v) is 8.72. The van der Waals surface area contributed by atoms with Gasteiger partial charge in [-0.2, -0.15) is 0 Å². The summed E-state index contributed by atoms with van der Waals surface area (Å²) in [4.78, 5) is 72.3. The highest BCUT2D eigenvalue weighted by Crippen LogP contribution is 2.28. The highest BCUT2D eigenvalue weighted by Gasteiger charge is 2.40. The molecule has 64 heavy (non-hydrogen) atoms. The van der Waals surface area contributed by atoms with Gasteiger partial charge in [0.2, 0.25) is 23.6 Å². The molecular weight excluding hydrogens is 827 g/mol. The summed E-state index contributed by atoms with van der Waals surface area (Å²) in [5.41, 5.74) is 12.3. The number of aliphatic hydroxyl groups is 1. The number of β-amino-alcohol motifs (C(OH)–C–C–N with tert-alkyl or cyclic N) is 1. The first-order valence-electron chi connectivity index (χ1n) is 22.8. The number of rotatable bonds is 22. The average Bonchev–Trinajstić information content (AvgIpc) is 3.70. The minimum Gasteiger partial charge on any atom is -0.397 e. The lowest BCUT2D eigenvalue weighted by Gasteiger charge is -2.40. The summed E-state index contributed by atoms with van der Waals surface area (Å²) < 4.78 is 0. The van der Waals surface area contributed by atoms with Crippen molar-refractivity contribution in [2.75, 3.05) is 29.5 Å². The number of benzene rings is 3. The predicted molar refractivity (Wildman–Crippen MR) is 255 cm³/mol. The molecule has 1 saturated heterocycles. The molecule has 3 aromatic carbocycles. The number of hydrogen-bond donors (Lipinski definition) is 6. The maximum absolute atomic E-state index is 13.9. The first-order chi connectivity index (χ1) is 30.7. The van der Waals surface area contributed by atoms with Crippen molar-refractivity contribution in [1.29, 1.82) is 0 Å². The molecule has 13 nitrogen and oxygen atoms in total. The van der Waals surface area contributed by atoms with E-state index in [1.807, 2.05) is 57.5 Å². The number of thiazole rings is 1. The fraction of sp³-hybridized carbons (Fsp3) is 0.480. The lowest BCUT2D eigenvalue weighted by molar-refractivity contribution is -0.145. The first-order valence-corrected chi connectivity index (χ1v) is 23.6.